The average molecular weight is 374 g/mol. The molecule has 0 bridgehead atoms. The number of hydrogen-bond donors (Lipinski definition) is 1. The molecule has 1 amide bonds. The molecule has 1 aromatic carbocycles. The van der Waals surface area contributed by atoms with Gasteiger partial charge in [-0.25, -0.2) is 17.2 Å². The molecule has 1 saturated heterocycles. The summed E-state index contributed by atoms with van der Waals surface area (Å²) < 4.78 is 53.6. The van der Waals surface area contributed by atoms with E-state index >= 15 is 0 Å². The molecule has 1 heterocycles. The number of carbonyl (C=O) groups is 1. The van der Waals surface area contributed by atoms with Crippen molar-refractivity contribution in [1.29, 1.82) is 0 Å². The molecule has 1 fully saturated rings. The number of amides is 1. The summed E-state index contributed by atoms with van der Waals surface area (Å²) in [5.74, 6) is -2.53. The summed E-state index contributed by atoms with van der Waals surface area (Å²) in [6.07, 6.45) is 2.92. The lowest BCUT2D eigenvalue weighted by atomic mass is 9.94. The minimum atomic E-state index is -4.07. The number of halogens is 2. The van der Waals surface area contributed by atoms with Crippen LogP contribution in [0.4, 0.5) is 8.78 Å². The number of rotatable bonds is 6. The van der Waals surface area contributed by atoms with E-state index in [4.69, 9.17) is 0 Å². The minimum absolute atomic E-state index is 0.0135. The summed E-state index contributed by atoms with van der Waals surface area (Å²) in [6, 6.07) is 1.89. The number of nitrogens with one attached hydrogen (secondary N) is 1. The Morgan fingerprint density at radius 3 is 2.48 bits per heavy atom. The van der Waals surface area contributed by atoms with Gasteiger partial charge in [-0.1, -0.05) is 13.3 Å². The third-order valence-corrected chi connectivity index (χ3v) is 6.43. The molecule has 0 spiro atoms. The number of nitrogens with zero attached hydrogens (tertiary/aromatic N) is 1. The van der Waals surface area contributed by atoms with Gasteiger partial charge in [-0.2, -0.15) is 4.31 Å². The number of hydrogen-bond acceptors (Lipinski definition) is 3. The van der Waals surface area contributed by atoms with Gasteiger partial charge < -0.3 is 5.32 Å². The van der Waals surface area contributed by atoms with Crippen molar-refractivity contribution in [3.05, 3.63) is 29.8 Å². The molecular formula is C17H24F2N2O3S. The third-order valence-electron chi connectivity index (χ3n) is 4.47. The fraction of sp³-hybridized carbons (Fsp3) is 0.588. The molecule has 1 aliphatic rings. The van der Waals surface area contributed by atoms with E-state index in [2.05, 4.69) is 5.32 Å². The molecule has 2 unspecified atom stereocenters. The van der Waals surface area contributed by atoms with Crippen LogP contribution in [-0.2, 0) is 14.8 Å². The number of benzene rings is 1. The highest BCUT2D eigenvalue weighted by Gasteiger charge is 2.37. The summed E-state index contributed by atoms with van der Waals surface area (Å²) in [5, 5.41) is 2.82. The fourth-order valence-electron chi connectivity index (χ4n) is 2.97. The highest BCUT2D eigenvalue weighted by Crippen LogP contribution is 2.29. The lowest BCUT2D eigenvalue weighted by Crippen LogP contribution is -2.49. The van der Waals surface area contributed by atoms with Crippen molar-refractivity contribution >= 4 is 15.9 Å². The van der Waals surface area contributed by atoms with Crippen LogP contribution in [-0.4, -0.2) is 37.8 Å². The zero-order valence-electron chi connectivity index (χ0n) is 14.5. The molecule has 0 saturated carbocycles. The SMILES string of the molecule is CCCCNC(=O)C1CCC(C)N(S(=O)(=O)c2cc(F)cc(F)c2)C1. The van der Waals surface area contributed by atoms with Crippen LogP contribution in [0.15, 0.2) is 23.1 Å². The molecule has 25 heavy (non-hydrogen) atoms. The Hall–Kier alpha value is -1.54. The van der Waals surface area contributed by atoms with Gasteiger partial charge in [0.15, 0.2) is 0 Å². The molecular weight excluding hydrogens is 350 g/mol. The van der Waals surface area contributed by atoms with Crippen LogP contribution >= 0.6 is 0 Å². The summed E-state index contributed by atoms with van der Waals surface area (Å²) >= 11 is 0. The molecule has 0 aliphatic carbocycles. The van der Waals surface area contributed by atoms with Crippen LogP contribution in [0, 0.1) is 17.6 Å². The van der Waals surface area contributed by atoms with Crippen LogP contribution in [0.1, 0.15) is 39.5 Å². The van der Waals surface area contributed by atoms with Gasteiger partial charge >= 0.3 is 0 Å². The number of unbranched alkanes of at least 4 members (excludes halogenated alkanes) is 1. The first kappa shape index (κ1) is 19.8. The second kappa shape index (κ2) is 8.23. The number of sulfonamides is 1. The van der Waals surface area contributed by atoms with Gasteiger partial charge in [0.1, 0.15) is 11.6 Å². The van der Waals surface area contributed by atoms with Gasteiger partial charge in [0.05, 0.1) is 10.8 Å². The highest BCUT2D eigenvalue weighted by atomic mass is 32.2. The Morgan fingerprint density at radius 2 is 1.88 bits per heavy atom. The van der Waals surface area contributed by atoms with E-state index < -0.39 is 32.5 Å². The summed E-state index contributed by atoms with van der Waals surface area (Å²) in [4.78, 5) is 11.8. The van der Waals surface area contributed by atoms with E-state index in [1.54, 1.807) is 6.92 Å². The van der Waals surface area contributed by atoms with Crippen molar-refractivity contribution in [2.45, 2.75) is 50.5 Å². The molecule has 2 rings (SSSR count). The predicted octanol–water partition coefficient (Wildman–Crippen LogP) is 2.67. The van der Waals surface area contributed by atoms with Crippen LogP contribution in [0.2, 0.25) is 0 Å². The molecule has 2 atom stereocenters. The highest BCUT2D eigenvalue weighted by molar-refractivity contribution is 7.89. The van der Waals surface area contributed by atoms with Crippen LogP contribution in [0.3, 0.4) is 0 Å². The largest absolute Gasteiger partial charge is 0.356 e. The molecule has 1 aromatic rings. The quantitative estimate of drug-likeness (QED) is 0.779. The van der Waals surface area contributed by atoms with Gasteiger partial charge in [-0.05, 0) is 38.3 Å². The number of piperidine rings is 1. The molecule has 0 radical (unpaired) electrons. The van der Waals surface area contributed by atoms with Gasteiger partial charge in [0.25, 0.3) is 0 Å². The second-order valence-corrected chi connectivity index (χ2v) is 8.34. The molecule has 0 aromatic heterocycles. The van der Waals surface area contributed by atoms with E-state index in [1.807, 2.05) is 6.92 Å². The van der Waals surface area contributed by atoms with Gasteiger partial charge in [-0.15, -0.1) is 0 Å². The Morgan fingerprint density at radius 1 is 1.24 bits per heavy atom. The lowest BCUT2D eigenvalue weighted by molar-refractivity contribution is -0.126. The summed E-state index contributed by atoms with van der Waals surface area (Å²) in [5.41, 5.74) is 0. The Bertz CT molecular complexity index is 704. The van der Waals surface area contributed by atoms with Crippen molar-refractivity contribution in [2.75, 3.05) is 13.1 Å². The Kier molecular flexibility index (Phi) is 6.51. The van der Waals surface area contributed by atoms with E-state index in [0.29, 0.717) is 25.5 Å². The van der Waals surface area contributed by atoms with Crippen LogP contribution in [0.25, 0.3) is 0 Å². The normalized spacial score (nSPS) is 21.9. The topological polar surface area (TPSA) is 66.5 Å². The summed E-state index contributed by atoms with van der Waals surface area (Å²) in [6.45, 7) is 4.32. The molecule has 5 nitrogen and oxygen atoms in total. The smallest absolute Gasteiger partial charge is 0.243 e. The molecule has 1 aliphatic heterocycles. The molecule has 140 valence electrons. The van der Waals surface area contributed by atoms with Crippen molar-refractivity contribution in [3.8, 4) is 0 Å². The maximum atomic E-state index is 13.4. The maximum Gasteiger partial charge on any atom is 0.243 e. The first-order chi connectivity index (χ1) is 11.8. The first-order valence-corrected chi connectivity index (χ1v) is 9.95. The van der Waals surface area contributed by atoms with Crippen molar-refractivity contribution in [3.63, 3.8) is 0 Å². The Labute approximate surface area is 147 Å². The average Bonchev–Trinajstić information content (AvgIpc) is 2.54. The standard InChI is InChI=1S/C17H24F2N2O3S/c1-3-4-7-20-17(22)13-6-5-12(2)21(11-13)25(23,24)16-9-14(18)8-15(19)10-16/h8-10,12-13H,3-7,11H2,1-2H3,(H,20,22). The van der Waals surface area contributed by atoms with Crippen LogP contribution < -0.4 is 5.32 Å². The zero-order valence-corrected chi connectivity index (χ0v) is 15.3. The van der Waals surface area contributed by atoms with Crippen molar-refractivity contribution < 1.29 is 22.0 Å². The second-order valence-electron chi connectivity index (χ2n) is 6.45. The maximum absolute atomic E-state index is 13.4. The van der Waals surface area contributed by atoms with Gasteiger partial charge in [0.2, 0.25) is 15.9 Å². The third kappa shape index (κ3) is 4.76. The zero-order chi connectivity index (χ0) is 18.6. The molecule has 1 N–H and O–H groups in total. The van der Waals surface area contributed by atoms with Crippen molar-refractivity contribution in [2.24, 2.45) is 5.92 Å². The fourth-order valence-corrected chi connectivity index (χ4v) is 4.72. The molecule has 8 heteroatoms. The van der Waals surface area contributed by atoms with Gasteiger partial charge in [-0.3, -0.25) is 4.79 Å². The monoisotopic (exact) mass is 374 g/mol. The van der Waals surface area contributed by atoms with E-state index in [-0.39, 0.29) is 18.5 Å². The summed E-state index contributed by atoms with van der Waals surface area (Å²) in [7, 11) is -4.07. The Balaban J connectivity index is 2.19. The number of carbonyl (C=O) groups excluding carboxylic acids is 1. The first-order valence-electron chi connectivity index (χ1n) is 8.51. The van der Waals surface area contributed by atoms with Crippen molar-refractivity contribution in [1.82, 2.24) is 9.62 Å². The van der Waals surface area contributed by atoms with E-state index in [9.17, 15) is 22.0 Å². The van der Waals surface area contributed by atoms with Crippen LogP contribution in [0.5, 0.6) is 0 Å². The van der Waals surface area contributed by atoms with Gasteiger partial charge in [0, 0.05) is 25.2 Å². The lowest BCUT2D eigenvalue weighted by Gasteiger charge is -2.36. The van der Waals surface area contributed by atoms with E-state index in [0.717, 1.165) is 25.0 Å². The minimum Gasteiger partial charge on any atom is -0.356 e. The predicted molar refractivity (Wildman–Crippen MR) is 90.4 cm³/mol. The van der Waals surface area contributed by atoms with E-state index in [1.165, 1.54) is 4.31 Å².